The summed E-state index contributed by atoms with van der Waals surface area (Å²) in [7, 11) is 1.58. The summed E-state index contributed by atoms with van der Waals surface area (Å²) in [4.78, 5) is 31.6. The molecule has 0 bridgehead atoms. The first-order valence-corrected chi connectivity index (χ1v) is 9.56. The van der Waals surface area contributed by atoms with Crippen LogP contribution in [0.3, 0.4) is 0 Å². The molecule has 0 fully saturated rings. The van der Waals surface area contributed by atoms with Crippen LogP contribution in [-0.2, 0) is 28.8 Å². The molecular weight excluding hydrogens is 340 g/mol. The number of methoxy groups -OCH3 is 1. The molecule has 0 spiro atoms. The van der Waals surface area contributed by atoms with E-state index in [1.54, 1.807) is 25.4 Å². The summed E-state index contributed by atoms with van der Waals surface area (Å²) in [6, 6.07) is -0.894. The Morgan fingerprint density at radius 3 is 2.92 bits per heavy atom. The lowest BCUT2D eigenvalue weighted by molar-refractivity contribution is -0.141. The molecule has 136 valence electrons. The van der Waals surface area contributed by atoms with Crippen LogP contribution in [0, 0.1) is 5.92 Å². The van der Waals surface area contributed by atoms with Crippen LogP contribution in [0.4, 0.5) is 0 Å². The van der Waals surface area contributed by atoms with E-state index in [1.165, 1.54) is 9.44 Å². The molecule has 2 aromatic rings. The normalized spacial score (nSPS) is 18.3. The largest absolute Gasteiger partial charge is 0.480 e. The van der Waals surface area contributed by atoms with E-state index in [4.69, 9.17) is 9.72 Å². The van der Waals surface area contributed by atoms with E-state index in [-0.39, 0.29) is 5.56 Å². The number of thiophene rings is 1. The maximum Gasteiger partial charge on any atom is 0.326 e. The predicted octanol–water partition coefficient (Wildman–Crippen LogP) is 2.81. The van der Waals surface area contributed by atoms with E-state index in [2.05, 4.69) is 6.92 Å². The van der Waals surface area contributed by atoms with Crippen molar-refractivity contribution in [2.24, 2.45) is 5.92 Å². The van der Waals surface area contributed by atoms with Crippen LogP contribution >= 0.6 is 11.3 Å². The van der Waals surface area contributed by atoms with Crippen LogP contribution in [0.15, 0.2) is 4.79 Å². The molecule has 1 N–H and O–H groups in total. The lowest BCUT2D eigenvalue weighted by Gasteiger charge is -2.19. The number of aliphatic carboxylic acids is 1. The third-order valence-corrected chi connectivity index (χ3v) is 6.10. The van der Waals surface area contributed by atoms with Crippen LogP contribution in [0.5, 0.6) is 0 Å². The van der Waals surface area contributed by atoms with Gasteiger partial charge in [-0.25, -0.2) is 9.78 Å². The fourth-order valence-electron chi connectivity index (χ4n) is 3.60. The van der Waals surface area contributed by atoms with Crippen molar-refractivity contribution in [3.05, 3.63) is 26.6 Å². The van der Waals surface area contributed by atoms with Crippen molar-refractivity contribution in [2.75, 3.05) is 13.7 Å². The van der Waals surface area contributed by atoms with E-state index in [0.29, 0.717) is 36.6 Å². The minimum Gasteiger partial charge on any atom is -0.480 e. The molecule has 2 unspecified atom stereocenters. The molecule has 2 heterocycles. The minimum absolute atomic E-state index is 0.211. The Morgan fingerprint density at radius 1 is 1.52 bits per heavy atom. The summed E-state index contributed by atoms with van der Waals surface area (Å²) >= 11 is 1.59. The number of aryl methyl sites for hydroxylation is 1. The van der Waals surface area contributed by atoms with Crippen LogP contribution in [0.25, 0.3) is 10.2 Å². The molecule has 0 saturated carbocycles. The van der Waals surface area contributed by atoms with Crippen LogP contribution < -0.4 is 5.56 Å². The van der Waals surface area contributed by atoms with Gasteiger partial charge in [-0.15, -0.1) is 11.3 Å². The number of fused-ring (bicyclic) bond motifs is 3. The lowest BCUT2D eigenvalue weighted by Crippen LogP contribution is -2.33. The highest BCUT2D eigenvalue weighted by molar-refractivity contribution is 7.18. The number of carbonyl (C=O) groups is 1. The van der Waals surface area contributed by atoms with E-state index in [1.807, 2.05) is 0 Å². The van der Waals surface area contributed by atoms with Crippen LogP contribution in [-0.4, -0.2) is 34.3 Å². The van der Waals surface area contributed by atoms with Gasteiger partial charge in [0.1, 0.15) is 16.7 Å². The zero-order chi connectivity index (χ0) is 18.1. The molecule has 2 atom stereocenters. The van der Waals surface area contributed by atoms with Gasteiger partial charge in [-0.2, -0.15) is 0 Å². The van der Waals surface area contributed by atoms with Crippen LogP contribution in [0.2, 0.25) is 0 Å². The second-order valence-corrected chi connectivity index (χ2v) is 7.82. The van der Waals surface area contributed by atoms with Gasteiger partial charge in [0.15, 0.2) is 0 Å². The zero-order valence-electron chi connectivity index (χ0n) is 14.9. The maximum absolute atomic E-state index is 13.3. The fourth-order valence-corrected chi connectivity index (χ4v) is 5.00. The van der Waals surface area contributed by atoms with Crippen molar-refractivity contribution in [1.29, 1.82) is 0 Å². The fraction of sp³-hybridized carbons (Fsp3) is 0.611. The molecule has 6 nitrogen and oxygen atoms in total. The number of nitrogens with zero attached hydrogens (tertiary/aromatic N) is 2. The highest BCUT2D eigenvalue weighted by Crippen LogP contribution is 2.36. The first-order chi connectivity index (χ1) is 12.0. The Hall–Kier alpha value is -1.73. The molecule has 7 heteroatoms. The molecular formula is C18H24N2O4S. The molecule has 0 aromatic carbocycles. The second kappa shape index (κ2) is 7.25. The quantitative estimate of drug-likeness (QED) is 0.852. The average molecular weight is 364 g/mol. The second-order valence-electron chi connectivity index (χ2n) is 6.74. The van der Waals surface area contributed by atoms with Gasteiger partial charge in [0.2, 0.25) is 0 Å². The Labute approximate surface area is 150 Å². The third kappa shape index (κ3) is 3.22. The Kier molecular flexibility index (Phi) is 5.24. The standard InChI is InChI=1S/C18H24N2O4S/c1-4-12(18(22)23)20-14(7-8-24-3)19-16-15(17(20)21)11-6-5-10(2)9-13(11)25-16/h10,12H,4-9H2,1-3H3,(H,22,23). The molecule has 1 aliphatic rings. The van der Waals surface area contributed by atoms with Gasteiger partial charge in [-0.1, -0.05) is 13.8 Å². The van der Waals surface area contributed by atoms with Gasteiger partial charge in [-0.3, -0.25) is 9.36 Å². The summed E-state index contributed by atoms with van der Waals surface area (Å²) in [6.45, 7) is 4.40. The van der Waals surface area contributed by atoms with Crippen LogP contribution in [0.1, 0.15) is 49.0 Å². The Bertz CT molecular complexity index is 855. The first kappa shape index (κ1) is 18.1. The summed E-state index contributed by atoms with van der Waals surface area (Å²) in [6.07, 6.45) is 3.66. The molecule has 0 saturated heterocycles. The van der Waals surface area contributed by atoms with E-state index in [9.17, 15) is 14.7 Å². The molecule has 0 amide bonds. The topological polar surface area (TPSA) is 81.4 Å². The Morgan fingerprint density at radius 2 is 2.28 bits per heavy atom. The van der Waals surface area contributed by atoms with Gasteiger partial charge in [0.25, 0.3) is 5.56 Å². The SMILES string of the molecule is CCC(C(=O)O)n1c(CCOC)nc2sc3c(c2c1=O)CCC(C)C3. The van der Waals surface area contributed by atoms with E-state index >= 15 is 0 Å². The molecule has 2 aromatic heterocycles. The number of carboxylic acid groups (broad SMARTS) is 1. The maximum atomic E-state index is 13.3. The minimum atomic E-state index is -0.998. The molecule has 25 heavy (non-hydrogen) atoms. The smallest absolute Gasteiger partial charge is 0.326 e. The monoisotopic (exact) mass is 364 g/mol. The summed E-state index contributed by atoms with van der Waals surface area (Å²) in [5.41, 5.74) is 0.875. The third-order valence-electron chi connectivity index (χ3n) is 4.95. The van der Waals surface area contributed by atoms with Gasteiger partial charge < -0.3 is 9.84 Å². The lowest BCUT2D eigenvalue weighted by atomic mass is 9.89. The first-order valence-electron chi connectivity index (χ1n) is 8.75. The molecule has 1 aliphatic carbocycles. The summed E-state index contributed by atoms with van der Waals surface area (Å²) in [5.74, 6) is 0.112. The number of carboxylic acids is 1. The highest BCUT2D eigenvalue weighted by atomic mass is 32.1. The summed E-state index contributed by atoms with van der Waals surface area (Å²) in [5, 5.41) is 10.2. The average Bonchev–Trinajstić information content (AvgIpc) is 2.92. The van der Waals surface area contributed by atoms with Gasteiger partial charge >= 0.3 is 5.97 Å². The number of hydrogen-bond acceptors (Lipinski definition) is 5. The van der Waals surface area contributed by atoms with Crippen molar-refractivity contribution in [3.8, 4) is 0 Å². The van der Waals surface area contributed by atoms with Crippen molar-refractivity contribution >= 4 is 27.5 Å². The van der Waals surface area contributed by atoms with E-state index in [0.717, 1.165) is 29.7 Å². The summed E-state index contributed by atoms with van der Waals surface area (Å²) < 4.78 is 6.51. The van der Waals surface area contributed by atoms with Gasteiger partial charge in [0.05, 0.1) is 12.0 Å². The number of ether oxygens (including phenoxy) is 1. The predicted molar refractivity (Wildman–Crippen MR) is 97.6 cm³/mol. The van der Waals surface area contributed by atoms with Crippen molar-refractivity contribution in [2.45, 2.75) is 52.0 Å². The highest BCUT2D eigenvalue weighted by Gasteiger charge is 2.28. The molecule has 0 aliphatic heterocycles. The zero-order valence-corrected chi connectivity index (χ0v) is 15.7. The van der Waals surface area contributed by atoms with Crippen molar-refractivity contribution < 1.29 is 14.6 Å². The Balaban J connectivity index is 2.25. The number of rotatable bonds is 6. The molecule has 0 radical (unpaired) electrons. The van der Waals surface area contributed by atoms with Crippen molar-refractivity contribution in [1.82, 2.24) is 9.55 Å². The number of hydrogen-bond donors (Lipinski definition) is 1. The van der Waals surface area contributed by atoms with E-state index < -0.39 is 12.0 Å². The van der Waals surface area contributed by atoms with Crippen molar-refractivity contribution in [3.63, 3.8) is 0 Å². The molecule has 3 rings (SSSR count). The number of aromatic nitrogens is 2. The van der Waals surface area contributed by atoms with Gasteiger partial charge in [-0.05, 0) is 37.2 Å². The van der Waals surface area contributed by atoms with Gasteiger partial charge in [0, 0.05) is 18.4 Å².